The topological polar surface area (TPSA) is 76.0 Å². The second kappa shape index (κ2) is 7.67. The van der Waals surface area contributed by atoms with E-state index >= 15 is 0 Å². The molecule has 5 rings (SSSR count). The van der Waals surface area contributed by atoms with Gasteiger partial charge in [-0.05, 0) is 97.9 Å². The molecule has 5 aliphatic rings. The summed E-state index contributed by atoms with van der Waals surface area (Å²) in [5.41, 5.74) is 1.85. The Hall–Kier alpha value is -1.65. The van der Waals surface area contributed by atoms with Gasteiger partial charge in [0.2, 0.25) is 0 Å². The van der Waals surface area contributed by atoms with Crippen LogP contribution in [-0.2, 0) is 14.3 Å². The molecule has 0 aliphatic heterocycles. The molecule has 0 bridgehead atoms. The maximum absolute atomic E-state index is 14.1. The third-order valence-electron chi connectivity index (χ3n) is 11.7. The number of carbonyl (C=O) groups excluding carboxylic acids is 2. The highest BCUT2D eigenvalue weighted by Crippen LogP contribution is 2.70. The molecule has 4 saturated carbocycles. The van der Waals surface area contributed by atoms with E-state index in [4.69, 9.17) is 4.74 Å². The maximum Gasteiger partial charge on any atom is 0.312 e. The van der Waals surface area contributed by atoms with Crippen molar-refractivity contribution in [2.45, 2.75) is 92.4 Å². The standard InChI is InChI=1S/C29H43NO4/c1-17-18-7-10-28(5)19-8-12-29(25(32)34-6)14-13-26(2,3)16-20(29)24(19)22(31)15-23(28)27(18,4)11-9-21(17)30-33/h15,17-20,24,33H,7-14,16H2,1-6H3/b30-21+. The van der Waals surface area contributed by atoms with Gasteiger partial charge in [0.25, 0.3) is 0 Å². The van der Waals surface area contributed by atoms with Crippen molar-refractivity contribution in [3.05, 3.63) is 11.6 Å². The lowest BCUT2D eigenvalue weighted by molar-refractivity contribution is -0.178. The first-order valence-electron chi connectivity index (χ1n) is 13.5. The van der Waals surface area contributed by atoms with Crippen molar-refractivity contribution < 1.29 is 19.5 Å². The number of allylic oxidation sites excluding steroid dienone is 2. The number of methoxy groups -OCH3 is 1. The van der Waals surface area contributed by atoms with Crippen LogP contribution in [-0.4, -0.2) is 29.8 Å². The number of rotatable bonds is 1. The zero-order chi connectivity index (χ0) is 24.7. The highest BCUT2D eigenvalue weighted by molar-refractivity contribution is 5.96. The molecule has 0 radical (unpaired) electrons. The number of ether oxygens (including phenoxy) is 1. The smallest absolute Gasteiger partial charge is 0.312 e. The van der Waals surface area contributed by atoms with Gasteiger partial charge in [-0.3, -0.25) is 9.59 Å². The van der Waals surface area contributed by atoms with E-state index in [1.165, 1.54) is 12.7 Å². The number of hydrogen-bond acceptors (Lipinski definition) is 5. The van der Waals surface area contributed by atoms with Crippen molar-refractivity contribution in [2.24, 2.45) is 56.4 Å². The van der Waals surface area contributed by atoms with Crippen LogP contribution in [0.15, 0.2) is 16.8 Å². The Morgan fingerprint density at radius 3 is 2.35 bits per heavy atom. The fraction of sp³-hybridized carbons (Fsp3) is 0.828. The van der Waals surface area contributed by atoms with E-state index in [1.54, 1.807) is 0 Å². The molecule has 5 heteroatoms. The Kier molecular flexibility index (Phi) is 5.43. The molecule has 0 aromatic heterocycles. The van der Waals surface area contributed by atoms with Crippen LogP contribution in [0.2, 0.25) is 0 Å². The van der Waals surface area contributed by atoms with Gasteiger partial charge in [-0.25, -0.2) is 0 Å². The number of carbonyl (C=O) groups is 2. The van der Waals surface area contributed by atoms with E-state index in [-0.39, 0.29) is 51.7 Å². The van der Waals surface area contributed by atoms with Crippen LogP contribution in [0, 0.1) is 51.2 Å². The largest absolute Gasteiger partial charge is 0.469 e. The van der Waals surface area contributed by atoms with Crippen molar-refractivity contribution >= 4 is 17.5 Å². The predicted octanol–water partition coefficient (Wildman–Crippen LogP) is 6.19. The van der Waals surface area contributed by atoms with Gasteiger partial charge in [-0.1, -0.05) is 45.3 Å². The Labute approximate surface area is 204 Å². The molecule has 5 aliphatic carbocycles. The first-order chi connectivity index (χ1) is 15.9. The minimum Gasteiger partial charge on any atom is -0.469 e. The normalized spacial score (nSPS) is 48.6. The molecule has 0 heterocycles. The van der Waals surface area contributed by atoms with Crippen LogP contribution in [0.25, 0.3) is 0 Å². The van der Waals surface area contributed by atoms with Gasteiger partial charge >= 0.3 is 5.97 Å². The summed E-state index contributed by atoms with van der Waals surface area (Å²) in [5.74, 6) is 1.07. The molecular weight excluding hydrogens is 426 g/mol. The fourth-order valence-corrected chi connectivity index (χ4v) is 9.79. The van der Waals surface area contributed by atoms with E-state index < -0.39 is 5.41 Å². The summed E-state index contributed by atoms with van der Waals surface area (Å²) in [6.45, 7) is 11.6. The second-order valence-corrected chi connectivity index (χ2v) is 13.6. The number of hydrogen-bond donors (Lipinski definition) is 1. The van der Waals surface area contributed by atoms with E-state index in [0.29, 0.717) is 5.92 Å². The summed E-state index contributed by atoms with van der Waals surface area (Å²) in [6, 6.07) is 0. The van der Waals surface area contributed by atoms with Crippen LogP contribution in [0.3, 0.4) is 0 Å². The molecule has 0 spiro atoms. The lowest BCUT2D eigenvalue weighted by Crippen LogP contribution is -2.61. The molecule has 8 unspecified atom stereocenters. The fourth-order valence-electron chi connectivity index (χ4n) is 9.79. The summed E-state index contributed by atoms with van der Waals surface area (Å²) in [7, 11) is 1.51. The van der Waals surface area contributed by atoms with Crippen LogP contribution in [0.1, 0.15) is 92.4 Å². The van der Waals surface area contributed by atoms with Crippen molar-refractivity contribution in [3.63, 3.8) is 0 Å². The first kappa shape index (κ1) is 24.1. The molecule has 188 valence electrons. The summed E-state index contributed by atoms with van der Waals surface area (Å²) in [6.07, 6.45) is 10.5. The SMILES string of the molecule is COC(=O)C12CCC3C(C(=O)C=C4C5(C)CC/C(=N\O)C(C)C5CCC43C)C1CC(C)(C)CC2. The highest BCUT2D eigenvalue weighted by Gasteiger charge is 2.66. The molecule has 1 N–H and O–H groups in total. The number of nitrogens with zero attached hydrogens (tertiary/aromatic N) is 1. The van der Waals surface area contributed by atoms with Crippen molar-refractivity contribution in [1.29, 1.82) is 0 Å². The average Bonchev–Trinajstić information content (AvgIpc) is 2.79. The monoisotopic (exact) mass is 469 g/mol. The number of oxime groups is 1. The van der Waals surface area contributed by atoms with E-state index in [2.05, 4.69) is 39.8 Å². The molecular formula is C29H43NO4. The molecule has 4 fully saturated rings. The van der Waals surface area contributed by atoms with Crippen LogP contribution < -0.4 is 0 Å². The number of esters is 1. The summed E-state index contributed by atoms with van der Waals surface area (Å²) in [5, 5.41) is 13.2. The molecule has 34 heavy (non-hydrogen) atoms. The van der Waals surface area contributed by atoms with Crippen LogP contribution in [0.4, 0.5) is 0 Å². The number of ketones is 1. The van der Waals surface area contributed by atoms with Crippen molar-refractivity contribution in [3.8, 4) is 0 Å². The van der Waals surface area contributed by atoms with Gasteiger partial charge in [-0.2, -0.15) is 0 Å². The zero-order valence-corrected chi connectivity index (χ0v) is 21.9. The third-order valence-corrected chi connectivity index (χ3v) is 11.7. The lowest BCUT2D eigenvalue weighted by atomic mass is 9.39. The van der Waals surface area contributed by atoms with Gasteiger partial charge in [0.1, 0.15) is 0 Å². The Balaban J connectivity index is 1.59. The third kappa shape index (κ3) is 3.07. The van der Waals surface area contributed by atoms with Gasteiger partial charge in [0.05, 0.1) is 18.2 Å². The molecule has 0 saturated heterocycles. The summed E-state index contributed by atoms with van der Waals surface area (Å²) in [4.78, 5) is 27.3. The minimum atomic E-state index is -0.504. The van der Waals surface area contributed by atoms with Crippen LogP contribution in [0.5, 0.6) is 0 Å². The van der Waals surface area contributed by atoms with E-state index in [1.807, 2.05) is 6.08 Å². The van der Waals surface area contributed by atoms with Crippen molar-refractivity contribution in [1.82, 2.24) is 0 Å². The van der Waals surface area contributed by atoms with Gasteiger partial charge < -0.3 is 9.94 Å². The molecule has 8 atom stereocenters. The Morgan fingerprint density at radius 2 is 1.68 bits per heavy atom. The molecule has 0 aromatic rings. The quantitative estimate of drug-likeness (QED) is 0.282. The van der Waals surface area contributed by atoms with Gasteiger partial charge in [0, 0.05) is 11.8 Å². The highest BCUT2D eigenvalue weighted by atomic mass is 16.5. The summed E-state index contributed by atoms with van der Waals surface area (Å²) >= 11 is 0. The zero-order valence-electron chi connectivity index (χ0n) is 21.9. The lowest BCUT2D eigenvalue weighted by Gasteiger charge is -2.64. The van der Waals surface area contributed by atoms with E-state index in [9.17, 15) is 14.8 Å². The molecule has 5 nitrogen and oxygen atoms in total. The van der Waals surface area contributed by atoms with Crippen molar-refractivity contribution in [2.75, 3.05) is 7.11 Å². The van der Waals surface area contributed by atoms with Gasteiger partial charge in [0.15, 0.2) is 5.78 Å². The van der Waals surface area contributed by atoms with E-state index in [0.717, 1.165) is 63.5 Å². The molecule has 0 amide bonds. The molecule has 0 aromatic carbocycles. The Bertz CT molecular complexity index is 965. The summed E-state index contributed by atoms with van der Waals surface area (Å²) < 4.78 is 5.39. The second-order valence-electron chi connectivity index (χ2n) is 13.6. The minimum absolute atomic E-state index is 0.0126. The van der Waals surface area contributed by atoms with Crippen LogP contribution >= 0.6 is 0 Å². The average molecular weight is 470 g/mol. The number of fused-ring (bicyclic) bond motifs is 7. The Morgan fingerprint density at radius 1 is 1.00 bits per heavy atom. The van der Waals surface area contributed by atoms with Gasteiger partial charge in [-0.15, -0.1) is 0 Å². The maximum atomic E-state index is 14.1. The first-order valence-corrected chi connectivity index (χ1v) is 13.5. The predicted molar refractivity (Wildman–Crippen MR) is 131 cm³/mol.